The van der Waals surface area contributed by atoms with E-state index in [0.29, 0.717) is 6.10 Å². The van der Waals surface area contributed by atoms with Crippen LogP contribution in [0.2, 0.25) is 0 Å². The summed E-state index contributed by atoms with van der Waals surface area (Å²) in [6.45, 7) is 2.57. The molecule has 3 heteroatoms. The van der Waals surface area contributed by atoms with E-state index < -0.39 is 0 Å². The first-order valence-electron chi connectivity index (χ1n) is 6.54. The fraction of sp³-hybridized carbons (Fsp3) is 0.533. The third kappa shape index (κ3) is 3.56. The van der Waals surface area contributed by atoms with Crippen molar-refractivity contribution in [3.05, 3.63) is 35.9 Å². The first kappa shape index (κ1) is 13.1. The molecule has 1 aromatic rings. The van der Waals surface area contributed by atoms with Crippen molar-refractivity contribution in [3.63, 3.8) is 0 Å². The lowest BCUT2D eigenvalue weighted by molar-refractivity contribution is 0.0807. The SMILES string of the molecule is CN(CC1CCCO1)CC(C#N)c1ccccc1. The van der Waals surface area contributed by atoms with Gasteiger partial charge in [0.25, 0.3) is 0 Å². The molecule has 2 unspecified atom stereocenters. The average Bonchev–Trinajstić information content (AvgIpc) is 2.90. The normalized spacial score (nSPS) is 20.8. The van der Waals surface area contributed by atoms with Crippen LogP contribution in [-0.2, 0) is 4.74 Å². The zero-order valence-corrected chi connectivity index (χ0v) is 10.9. The monoisotopic (exact) mass is 244 g/mol. The maximum atomic E-state index is 9.28. The van der Waals surface area contributed by atoms with E-state index in [1.165, 1.54) is 6.42 Å². The Balaban J connectivity index is 1.88. The van der Waals surface area contributed by atoms with E-state index in [4.69, 9.17) is 4.74 Å². The summed E-state index contributed by atoms with van der Waals surface area (Å²) in [5.74, 6) is -0.0578. The molecule has 1 aliphatic heterocycles. The number of hydrogen-bond donors (Lipinski definition) is 0. The first-order chi connectivity index (χ1) is 8.79. The molecule has 0 bridgehead atoms. The third-order valence-electron chi connectivity index (χ3n) is 3.39. The zero-order chi connectivity index (χ0) is 12.8. The molecule has 0 aromatic heterocycles. The fourth-order valence-corrected chi connectivity index (χ4v) is 2.43. The van der Waals surface area contributed by atoms with Crippen LogP contribution in [0, 0.1) is 11.3 Å². The van der Waals surface area contributed by atoms with Gasteiger partial charge in [0, 0.05) is 19.7 Å². The van der Waals surface area contributed by atoms with Crippen LogP contribution in [0.3, 0.4) is 0 Å². The highest BCUT2D eigenvalue weighted by Crippen LogP contribution is 2.17. The smallest absolute Gasteiger partial charge is 0.0839 e. The topological polar surface area (TPSA) is 36.3 Å². The lowest BCUT2D eigenvalue weighted by Crippen LogP contribution is -2.31. The number of benzene rings is 1. The lowest BCUT2D eigenvalue weighted by atomic mass is 10.0. The largest absolute Gasteiger partial charge is 0.377 e. The van der Waals surface area contributed by atoms with Gasteiger partial charge < -0.3 is 9.64 Å². The Labute approximate surface area is 109 Å². The maximum Gasteiger partial charge on any atom is 0.0839 e. The van der Waals surface area contributed by atoms with E-state index in [9.17, 15) is 5.26 Å². The molecule has 0 amide bonds. The summed E-state index contributed by atoms with van der Waals surface area (Å²) in [4.78, 5) is 2.21. The van der Waals surface area contributed by atoms with Gasteiger partial charge in [-0.1, -0.05) is 30.3 Å². The molecule has 0 spiro atoms. The Kier molecular flexibility index (Phi) is 4.74. The van der Waals surface area contributed by atoms with Crippen molar-refractivity contribution in [1.82, 2.24) is 4.90 Å². The molecule has 0 aliphatic carbocycles. The van der Waals surface area contributed by atoms with Crippen LogP contribution < -0.4 is 0 Å². The van der Waals surface area contributed by atoms with Gasteiger partial charge in [0.05, 0.1) is 18.1 Å². The summed E-state index contributed by atoms with van der Waals surface area (Å²) < 4.78 is 5.62. The molecule has 3 nitrogen and oxygen atoms in total. The second kappa shape index (κ2) is 6.53. The molecule has 1 heterocycles. The van der Waals surface area contributed by atoms with Gasteiger partial charge in [-0.2, -0.15) is 5.26 Å². The van der Waals surface area contributed by atoms with Crippen LogP contribution in [0.15, 0.2) is 30.3 Å². The Bertz CT molecular complexity index is 393. The number of hydrogen-bond acceptors (Lipinski definition) is 3. The number of likely N-dealkylation sites (N-methyl/N-ethyl adjacent to an activating group) is 1. The molecule has 18 heavy (non-hydrogen) atoms. The molecule has 1 aromatic carbocycles. The number of ether oxygens (including phenoxy) is 1. The van der Waals surface area contributed by atoms with E-state index in [-0.39, 0.29) is 5.92 Å². The number of nitrogens with zero attached hydrogens (tertiary/aromatic N) is 2. The Morgan fingerprint density at radius 1 is 1.44 bits per heavy atom. The van der Waals surface area contributed by atoms with Crippen molar-refractivity contribution in [3.8, 4) is 6.07 Å². The van der Waals surface area contributed by atoms with Crippen LogP contribution in [0.25, 0.3) is 0 Å². The summed E-state index contributed by atoms with van der Waals surface area (Å²) >= 11 is 0. The average molecular weight is 244 g/mol. The van der Waals surface area contributed by atoms with Gasteiger partial charge >= 0.3 is 0 Å². The van der Waals surface area contributed by atoms with E-state index in [1.807, 2.05) is 30.3 Å². The molecule has 0 radical (unpaired) electrons. The fourth-order valence-electron chi connectivity index (χ4n) is 2.43. The molecule has 0 N–H and O–H groups in total. The summed E-state index contributed by atoms with van der Waals surface area (Å²) in [7, 11) is 2.06. The molecular formula is C15H20N2O. The quantitative estimate of drug-likeness (QED) is 0.798. The second-order valence-corrected chi connectivity index (χ2v) is 4.95. The van der Waals surface area contributed by atoms with Gasteiger partial charge in [0.2, 0.25) is 0 Å². The van der Waals surface area contributed by atoms with Gasteiger partial charge in [-0.3, -0.25) is 0 Å². The van der Waals surface area contributed by atoms with E-state index in [0.717, 1.165) is 31.7 Å². The summed E-state index contributed by atoms with van der Waals surface area (Å²) in [6, 6.07) is 12.4. The van der Waals surface area contributed by atoms with Crippen molar-refractivity contribution in [2.75, 3.05) is 26.7 Å². The highest BCUT2D eigenvalue weighted by atomic mass is 16.5. The molecule has 1 fully saturated rings. The molecule has 2 rings (SSSR count). The van der Waals surface area contributed by atoms with E-state index >= 15 is 0 Å². The molecule has 1 saturated heterocycles. The lowest BCUT2D eigenvalue weighted by Gasteiger charge is -2.22. The van der Waals surface area contributed by atoms with E-state index in [1.54, 1.807) is 0 Å². The Morgan fingerprint density at radius 2 is 2.22 bits per heavy atom. The van der Waals surface area contributed by atoms with Crippen molar-refractivity contribution < 1.29 is 4.74 Å². The van der Waals surface area contributed by atoms with Gasteiger partial charge in [0.15, 0.2) is 0 Å². The van der Waals surface area contributed by atoms with Crippen molar-refractivity contribution in [2.45, 2.75) is 24.9 Å². The summed E-state index contributed by atoms with van der Waals surface area (Å²) in [5, 5.41) is 9.28. The van der Waals surface area contributed by atoms with Gasteiger partial charge in [-0.25, -0.2) is 0 Å². The van der Waals surface area contributed by atoms with Crippen molar-refractivity contribution >= 4 is 0 Å². The summed E-state index contributed by atoms with van der Waals surface area (Å²) in [6.07, 6.45) is 2.66. The molecule has 96 valence electrons. The molecule has 1 aliphatic rings. The predicted molar refractivity (Wildman–Crippen MR) is 71.3 cm³/mol. The molecular weight excluding hydrogens is 224 g/mol. The predicted octanol–water partition coefficient (Wildman–Crippen LogP) is 2.40. The van der Waals surface area contributed by atoms with Crippen molar-refractivity contribution in [2.24, 2.45) is 0 Å². The highest BCUT2D eigenvalue weighted by molar-refractivity contribution is 5.25. The minimum Gasteiger partial charge on any atom is -0.377 e. The maximum absolute atomic E-state index is 9.28. The van der Waals surface area contributed by atoms with Crippen molar-refractivity contribution in [1.29, 1.82) is 5.26 Å². The van der Waals surface area contributed by atoms with Crippen LogP contribution in [0.5, 0.6) is 0 Å². The van der Waals surface area contributed by atoms with Gasteiger partial charge in [0.1, 0.15) is 0 Å². The zero-order valence-electron chi connectivity index (χ0n) is 10.9. The van der Waals surface area contributed by atoms with Crippen LogP contribution in [-0.4, -0.2) is 37.7 Å². The summed E-state index contributed by atoms with van der Waals surface area (Å²) in [5.41, 5.74) is 1.10. The number of rotatable bonds is 5. The first-order valence-corrected chi connectivity index (χ1v) is 6.54. The Morgan fingerprint density at radius 3 is 2.83 bits per heavy atom. The molecule has 2 atom stereocenters. The minimum absolute atomic E-state index is 0.0578. The number of nitriles is 1. The van der Waals surface area contributed by atoms with Crippen LogP contribution in [0.4, 0.5) is 0 Å². The van der Waals surface area contributed by atoms with Crippen LogP contribution in [0.1, 0.15) is 24.3 Å². The Hall–Kier alpha value is -1.37. The second-order valence-electron chi connectivity index (χ2n) is 4.95. The third-order valence-corrected chi connectivity index (χ3v) is 3.39. The van der Waals surface area contributed by atoms with Gasteiger partial charge in [-0.05, 0) is 25.5 Å². The van der Waals surface area contributed by atoms with Gasteiger partial charge in [-0.15, -0.1) is 0 Å². The van der Waals surface area contributed by atoms with E-state index in [2.05, 4.69) is 18.0 Å². The van der Waals surface area contributed by atoms with Crippen LogP contribution >= 0.6 is 0 Å². The standard InChI is InChI=1S/C15H20N2O/c1-17(12-15-8-5-9-18-15)11-14(10-16)13-6-3-2-4-7-13/h2-4,6-7,14-15H,5,8-9,11-12H2,1H3. The molecule has 0 saturated carbocycles. The minimum atomic E-state index is -0.0578. The highest BCUT2D eigenvalue weighted by Gasteiger charge is 2.19.